The molecule has 0 unspecified atom stereocenters. The van der Waals surface area contributed by atoms with Crippen LogP contribution in [0.5, 0.6) is 0 Å². The van der Waals surface area contributed by atoms with E-state index in [9.17, 15) is 0 Å². The van der Waals surface area contributed by atoms with E-state index in [1.807, 2.05) is 0 Å². The van der Waals surface area contributed by atoms with Gasteiger partial charge in [0.05, 0.1) is 0 Å². The molecule has 0 saturated heterocycles. The van der Waals surface area contributed by atoms with Crippen molar-refractivity contribution in [2.45, 2.75) is 45.9 Å². The molecule has 0 spiro atoms. The maximum atomic E-state index is 3.98. The van der Waals surface area contributed by atoms with E-state index in [0.717, 1.165) is 11.3 Å². The number of allylic oxidation sites excluding steroid dienone is 1. The van der Waals surface area contributed by atoms with Crippen LogP contribution in [0.15, 0.2) is 12.2 Å². The lowest BCUT2D eigenvalue weighted by atomic mass is 10.4. The van der Waals surface area contributed by atoms with Gasteiger partial charge < -0.3 is 0 Å². The standard InChI is InChI=1S/C10H21P/c1-8(2)7-11(9(3)4)10(5)6/h9-10H,1,7H2,2-6H3. The van der Waals surface area contributed by atoms with Gasteiger partial charge in [0.15, 0.2) is 0 Å². The highest BCUT2D eigenvalue weighted by Crippen LogP contribution is 2.46. The van der Waals surface area contributed by atoms with Gasteiger partial charge in [-0.05, 0) is 24.4 Å². The van der Waals surface area contributed by atoms with Crippen LogP contribution in [0, 0.1) is 0 Å². The summed E-state index contributed by atoms with van der Waals surface area (Å²) in [5.41, 5.74) is 3.04. The van der Waals surface area contributed by atoms with Gasteiger partial charge in [-0.3, -0.25) is 0 Å². The molecule has 0 fully saturated rings. The lowest BCUT2D eigenvalue weighted by Gasteiger charge is -2.25. The SMILES string of the molecule is C=C(C)CP(C(C)C)C(C)C. The van der Waals surface area contributed by atoms with Crippen LogP contribution < -0.4 is 0 Å². The van der Waals surface area contributed by atoms with Crippen LogP contribution in [0.3, 0.4) is 0 Å². The first-order chi connectivity index (χ1) is 4.95. The summed E-state index contributed by atoms with van der Waals surface area (Å²) in [5.74, 6) is 0. The third-order valence-corrected chi connectivity index (χ3v) is 5.34. The fourth-order valence-electron chi connectivity index (χ4n) is 1.27. The Labute approximate surface area is 72.8 Å². The summed E-state index contributed by atoms with van der Waals surface area (Å²) in [7, 11) is 0.182. The van der Waals surface area contributed by atoms with Crippen LogP contribution in [0.25, 0.3) is 0 Å². The van der Waals surface area contributed by atoms with Crippen LogP contribution >= 0.6 is 7.92 Å². The average Bonchev–Trinajstić information content (AvgIpc) is 1.81. The maximum absolute atomic E-state index is 3.98. The number of hydrogen-bond donors (Lipinski definition) is 0. The minimum absolute atomic E-state index is 0.182. The molecule has 66 valence electrons. The summed E-state index contributed by atoms with van der Waals surface area (Å²) in [6.45, 7) is 15.4. The van der Waals surface area contributed by atoms with E-state index in [0.29, 0.717) is 0 Å². The summed E-state index contributed by atoms with van der Waals surface area (Å²) < 4.78 is 0. The molecule has 0 amide bonds. The molecule has 0 aromatic rings. The van der Waals surface area contributed by atoms with Crippen molar-refractivity contribution in [3.63, 3.8) is 0 Å². The lowest BCUT2D eigenvalue weighted by Crippen LogP contribution is -2.06. The van der Waals surface area contributed by atoms with Gasteiger partial charge in [0.25, 0.3) is 0 Å². The Bertz CT molecular complexity index is 117. The molecule has 0 aliphatic heterocycles. The Hall–Kier alpha value is 0.170. The normalized spacial score (nSPS) is 11.6. The molecule has 0 saturated carbocycles. The van der Waals surface area contributed by atoms with E-state index in [1.165, 1.54) is 11.7 Å². The third kappa shape index (κ3) is 4.58. The van der Waals surface area contributed by atoms with Crippen molar-refractivity contribution in [3.8, 4) is 0 Å². The second-order valence-corrected chi connectivity index (χ2v) is 7.23. The topological polar surface area (TPSA) is 0 Å². The maximum Gasteiger partial charge on any atom is -0.0115 e. The number of rotatable bonds is 4. The summed E-state index contributed by atoms with van der Waals surface area (Å²) in [6.07, 6.45) is 1.25. The molecule has 0 aromatic carbocycles. The number of hydrogen-bond acceptors (Lipinski definition) is 0. The average molecular weight is 172 g/mol. The van der Waals surface area contributed by atoms with E-state index in [4.69, 9.17) is 0 Å². The smallest absolute Gasteiger partial charge is 0.0115 e. The van der Waals surface area contributed by atoms with Gasteiger partial charge in [-0.25, -0.2) is 0 Å². The predicted molar refractivity (Wildman–Crippen MR) is 56.9 cm³/mol. The second kappa shape index (κ2) is 4.93. The Morgan fingerprint density at radius 3 is 1.64 bits per heavy atom. The molecule has 0 N–H and O–H groups in total. The van der Waals surface area contributed by atoms with Crippen LogP contribution in [-0.2, 0) is 0 Å². The zero-order valence-corrected chi connectivity index (χ0v) is 9.41. The Kier molecular flexibility index (Phi) is 5.01. The summed E-state index contributed by atoms with van der Waals surface area (Å²) in [4.78, 5) is 0. The Morgan fingerprint density at radius 1 is 1.18 bits per heavy atom. The van der Waals surface area contributed by atoms with Crippen molar-refractivity contribution in [3.05, 3.63) is 12.2 Å². The van der Waals surface area contributed by atoms with Gasteiger partial charge in [0.2, 0.25) is 0 Å². The van der Waals surface area contributed by atoms with Gasteiger partial charge >= 0.3 is 0 Å². The molecule has 11 heavy (non-hydrogen) atoms. The highest BCUT2D eigenvalue weighted by molar-refractivity contribution is 7.59. The first kappa shape index (κ1) is 11.2. The highest BCUT2D eigenvalue weighted by Gasteiger charge is 2.15. The fraction of sp³-hybridized carbons (Fsp3) is 0.800. The third-order valence-electron chi connectivity index (χ3n) is 1.78. The minimum Gasteiger partial charge on any atom is -0.0998 e. The van der Waals surface area contributed by atoms with Crippen LogP contribution in [0.4, 0.5) is 0 Å². The molecule has 0 rings (SSSR count). The van der Waals surface area contributed by atoms with Crippen LogP contribution in [0.1, 0.15) is 34.6 Å². The van der Waals surface area contributed by atoms with E-state index in [-0.39, 0.29) is 7.92 Å². The van der Waals surface area contributed by atoms with Gasteiger partial charge in [0, 0.05) is 0 Å². The molecule has 0 aliphatic rings. The summed E-state index contributed by atoms with van der Waals surface area (Å²) in [6, 6.07) is 0. The van der Waals surface area contributed by atoms with Crippen molar-refractivity contribution in [1.29, 1.82) is 0 Å². The summed E-state index contributed by atoms with van der Waals surface area (Å²) in [5, 5.41) is 0. The van der Waals surface area contributed by atoms with E-state index in [2.05, 4.69) is 41.2 Å². The van der Waals surface area contributed by atoms with Gasteiger partial charge in [-0.15, -0.1) is 0 Å². The van der Waals surface area contributed by atoms with Crippen LogP contribution in [0.2, 0.25) is 0 Å². The predicted octanol–water partition coefficient (Wildman–Crippen LogP) is 3.86. The highest BCUT2D eigenvalue weighted by atomic mass is 31.1. The van der Waals surface area contributed by atoms with Gasteiger partial charge in [-0.1, -0.05) is 47.8 Å². The van der Waals surface area contributed by atoms with E-state index < -0.39 is 0 Å². The first-order valence-electron chi connectivity index (χ1n) is 4.35. The van der Waals surface area contributed by atoms with Crippen molar-refractivity contribution >= 4 is 7.92 Å². The summed E-state index contributed by atoms with van der Waals surface area (Å²) >= 11 is 0. The van der Waals surface area contributed by atoms with Crippen molar-refractivity contribution in [1.82, 2.24) is 0 Å². The molecule has 0 radical (unpaired) electrons. The largest absolute Gasteiger partial charge is 0.0998 e. The molecule has 0 aromatic heterocycles. The lowest BCUT2D eigenvalue weighted by molar-refractivity contribution is 1.00. The first-order valence-corrected chi connectivity index (χ1v) is 6.01. The molecule has 0 bridgehead atoms. The van der Waals surface area contributed by atoms with E-state index in [1.54, 1.807) is 0 Å². The van der Waals surface area contributed by atoms with Gasteiger partial charge in [-0.2, -0.15) is 0 Å². The molecule has 0 heterocycles. The molecule has 1 heteroatoms. The monoisotopic (exact) mass is 172 g/mol. The minimum atomic E-state index is 0.182. The Balaban J connectivity index is 4.00. The van der Waals surface area contributed by atoms with Crippen molar-refractivity contribution in [2.24, 2.45) is 0 Å². The van der Waals surface area contributed by atoms with Crippen molar-refractivity contribution in [2.75, 3.05) is 6.16 Å². The van der Waals surface area contributed by atoms with E-state index >= 15 is 0 Å². The Morgan fingerprint density at radius 2 is 1.55 bits per heavy atom. The molecule has 0 aliphatic carbocycles. The molecule has 0 nitrogen and oxygen atoms in total. The fourth-order valence-corrected chi connectivity index (χ4v) is 3.82. The zero-order valence-electron chi connectivity index (χ0n) is 8.52. The molecule has 0 atom stereocenters. The van der Waals surface area contributed by atoms with Gasteiger partial charge in [0.1, 0.15) is 0 Å². The quantitative estimate of drug-likeness (QED) is 0.446. The zero-order chi connectivity index (χ0) is 9.02. The van der Waals surface area contributed by atoms with Crippen molar-refractivity contribution < 1.29 is 0 Å². The van der Waals surface area contributed by atoms with Crippen LogP contribution in [-0.4, -0.2) is 17.5 Å². The molecular weight excluding hydrogens is 151 g/mol. The second-order valence-electron chi connectivity index (χ2n) is 3.82. The molecular formula is C10H21P.